The molecule has 1 aliphatic carbocycles. The average Bonchev–Trinajstić information content (AvgIpc) is 3.86. The summed E-state index contributed by atoms with van der Waals surface area (Å²) in [5, 5.41) is 68.4. The van der Waals surface area contributed by atoms with Crippen LogP contribution in [0.25, 0.3) is 6.08 Å². The smallest absolute Gasteiger partial charge is 0.327 e. The number of aliphatic hydroxyl groups is 6. The highest BCUT2D eigenvalue weighted by Crippen LogP contribution is 2.58. The Hall–Kier alpha value is -3.64. The number of hydrogen-bond donors (Lipinski definition) is 8. The van der Waals surface area contributed by atoms with Crippen LogP contribution in [0, 0.1) is 5.41 Å². The van der Waals surface area contributed by atoms with Crippen LogP contribution in [0.3, 0.4) is 0 Å². The zero-order valence-electron chi connectivity index (χ0n) is 40.7. The van der Waals surface area contributed by atoms with Crippen LogP contribution in [0.2, 0.25) is 0 Å². The van der Waals surface area contributed by atoms with Gasteiger partial charge >= 0.3 is 11.9 Å². The first-order valence-corrected chi connectivity index (χ1v) is 24.6. The van der Waals surface area contributed by atoms with Crippen LogP contribution in [0.15, 0.2) is 30.3 Å². The molecular formula is C49H75N3O17. The number of fused-ring (bicyclic) bond motifs is 4. The van der Waals surface area contributed by atoms with E-state index in [0.717, 1.165) is 38.5 Å². The first-order chi connectivity index (χ1) is 32.8. The van der Waals surface area contributed by atoms with Crippen molar-refractivity contribution in [1.29, 1.82) is 0 Å². The normalized spacial score (nSPS) is 32.0. The number of carbonyl (C=O) groups is 4. The Morgan fingerprint density at radius 1 is 0.957 bits per heavy atom. The lowest BCUT2D eigenvalue weighted by Crippen LogP contribution is -2.71. The number of rotatable bonds is 24. The summed E-state index contributed by atoms with van der Waals surface area (Å²) >= 11 is 0. The molecule has 14 atom stereocenters. The fourth-order valence-electron chi connectivity index (χ4n) is 10.1. The molecule has 5 fully saturated rings. The van der Waals surface area contributed by atoms with Gasteiger partial charge in [0.2, 0.25) is 11.8 Å². The molecule has 0 aromatic heterocycles. The average molecular weight is 978 g/mol. The summed E-state index contributed by atoms with van der Waals surface area (Å²) in [6, 6.07) is 3.36. The van der Waals surface area contributed by atoms with Crippen molar-refractivity contribution >= 4 is 29.8 Å². The number of amides is 2. The maximum Gasteiger partial charge on any atom is 0.327 e. The van der Waals surface area contributed by atoms with E-state index in [1.165, 1.54) is 12.0 Å². The molecule has 20 heteroatoms. The SMILES string of the molecule is CCCCCC1(CCCCC)O[C@@H]2[C@H](O1)[C@H]1ON(Cc3ccccc3C=CCO[C@H]3O[C@H](CO)[C@H](O)[C@H](O)[C@H]3O)[C@H]3C(=O)O[C@@H]2C[C@@]13C(=O)N[C@@H](C(=O)N[C@H](CO)CCC(=O)OC(C)(C)C)[C@H](C)O. The van der Waals surface area contributed by atoms with Gasteiger partial charge in [-0.3, -0.25) is 24.0 Å². The summed E-state index contributed by atoms with van der Waals surface area (Å²) in [6.07, 6.45) is -2.59. The highest BCUT2D eigenvalue weighted by atomic mass is 16.8. The van der Waals surface area contributed by atoms with Gasteiger partial charge in [0.05, 0.1) is 38.5 Å². The number of carbonyl (C=O) groups excluding carboxylic acids is 4. The molecule has 20 nitrogen and oxygen atoms in total. The first kappa shape index (κ1) is 54.7. The van der Waals surface area contributed by atoms with E-state index in [2.05, 4.69) is 24.5 Å². The van der Waals surface area contributed by atoms with Crippen molar-refractivity contribution in [3.05, 3.63) is 41.5 Å². The van der Waals surface area contributed by atoms with Crippen molar-refractivity contribution in [2.24, 2.45) is 5.41 Å². The maximum atomic E-state index is 15.3. The number of unbranched alkanes of at least 4 members (excludes halogenated alkanes) is 4. The molecule has 69 heavy (non-hydrogen) atoms. The van der Waals surface area contributed by atoms with Gasteiger partial charge in [0.15, 0.2) is 18.1 Å². The molecule has 4 saturated heterocycles. The minimum atomic E-state index is -1.72. The number of esters is 2. The molecule has 1 aromatic carbocycles. The number of aliphatic hydroxyl groups excluding tert-OH is 6. The highest BCUT2D eigenvalue weighted by molar-refractivity contribution is 5.96. The molecule has 0 spiro atoms. The summed E-state index contributed by atoms with van der Waals surface area (Å²) in [5.74, 6) is -3.90. The topological polar surface area (TPSA) is 282 Å². The lowest BCUT2D eigenvalue weighted by Gasteiger charge is -2.49. The van der Waals surface area contributed by atoms with E-state index in [4.69, 9.17) is 33.3 Å². The van der Waals surface area contributed by atoms with E-state index in [1.54, 1.807) is 45.1 Å². The number of nitrogens with one attached hydrogen (secondary N) is 2. The quantitative estimate of drug-likeness (QED) is 0.0537. The largest absolute Gasteiger partial charge is 0.460 e. The standard InChI is InChI=1S/C49H75N3O17/c1-7-9-13-21-48(22-14-10-8-2)67-39-32-24-49(46(62)51-35(28(3)55)43(60)50-31(26-53)19-20-34(56)66-47(4,5)6)41(44(61)64-32)52(69-42(49)40(39)68-48)25-30-17-12-11-16-29(30)18-15-23-63-45-38(59)37(58)36(57)33(27-54)65-45/h11-12,15-18,28,31-33,35-42,45,53-55,57-59H,7-10,13-14,19-27H2,1-6H3,(H,50,60)(H,51,62)/t28-,31-,32+,33+,35+,36-,37-,38+,39-,40-,41-,42+,45-,49-/m0/s1. The molecule has 2 amide bonds. The number of hydrogen-bond acceptors (Lipinski definition) is 18. The summed E-state index contributed by atoms with van der Waals surface area (Å²) in [7, 11) is 0. The van der Waals surface area contributed by atoms with Crippen LogP contribution in [0.5, 0.6) is 0 Å². The Bertz CT molecular complexity index is 1920. The molecule has 1 saturated carbocycles. The predicted octanol–water partition coefficient (Wildman–Crippen LogP) is 1.42. The molecule has 4 heterocycles. The molecule has 8 N–H and O–H groups in total. The van der Waals surface area contributed by atoms with E-state index in [9.17, 15) is 45.0 Å². The lowest BCUT2D eigenvalue weighted by atomic mass is 9.62. The van der Waals surface area contributed by atoms with Gasteiger partial charge < -0.3 is 69.7 Å². The van der Waals surface area contributed by atoms with E-state index in [1.807, 2.05) is 12.1 Å². The van der Waals surface area contributed by atoms with Gasteiger partial charge in [0, 0.05) is 25.7 Å². The minimum Gasteiger partial charge on any atom is -0.460 e. The van der Waals surface area contributed by atoms with Gasteiger partial charge in [-0.1, -0.05) is 75.9 Å². The van der Waals surface area contributed by atoms with E-state index in [-0.39, 0.29) is 32.4 Å². The predicted molar refractivity (Wildman–Crippen MR) is 245 cm³/mol. The van der Waals surface area contributed by atoms with Crippen LogP contribution in [0.1, 0.15) is 123 Å². The summed E-state index contributed by atoms with van der Waals surface area (Å²) in [5.41, 5.74) is -1.15. The molecule has 388 valence electrons. The van der Waals surface area contributed by atoms with Crippen molar-refractivity contribution in [3.8, 4) is 0 Å². The van der Waals surface area contributed by atoms with Gasteiger partial charge in [-0.15, -0.1) is 0 Å². The van der Waals surface area contributed by atoms with Crippen LogP contribution in [-0.4, -0.2) is 170 Å². The molecule has 0 radical (unpaired) electrons. The molecule has 2 bridgehead atoms. The van der Waals surface area contributed by atoms with Crippen LogP contribution < -0.4 is 10.6 Å². The zero-order valence-corrected chi connectivity index (χ0v) is 40.7. The third kappa shape index (κ3) is 12.5. The van der Waals surface area contributed by atoms with Crippen LogP contribution in [0.4, 0.5) is 0 Å². The Balaban J connectivity index is 1.28. The summed E-state index contributed by atoms with van der Waals surface area (Å²) < 4.78 is 36.5. The number of nitrogens with zero attached hydrogens (tertiary/aromatic N) is 1. The second kappa shape index (κ2) is 23.7. The minimum absolute atomic E-state index is 0.0165. The lowest BCUT2D eigenvalue weighted by molar-refractivity contribution is -0.298. The maximum absolute atomic E-state index is 15.3. The first-order valence-electron chi connectivity index (χ1n) is 24.6. The van der Waals surface area contributed by atoms with Crippen molar-refractivity contribution in [2.75, 3.05) is 19.8 Å². The number of hydroxylamine groups is 2. The fourth-order valence-corrected chi connectivity index (χ4v) is 10.1. The number of benzene rings is 1. The third-order valence-electron chi connectivity index (χ3n) is 13.6. The van der Waals surface area contributed by atoms with E-state index < -0.39 is 133 Å². The Morgan fingerprint density at radius 2 is 1.64 bits per heavy atom. The van der Waals surface area contributed by atoms with E-state index >= 15 is 4.79 Å². The zero-order chi connectivity index (χ0) is 50.3. The Labute approximate surface area is 403 Å². The van der Waals surface area contributed by atoms with Crippen molar-refractivity contribution < 1.29 is 83.1 Å². The third-order valence-corrected chi connectivity index (χ3v) is 13.6. The second-order valence-electron chi connectivity index (χ2n) is 20.1. The number of ether oxygens (including phenoxy) is 6. The highest BCUT2D eigenvalue weighted by Gasteiger charge is 2.76. The Kier molecular flexibility index (Phi) is 18.8. The molecule has 1 aromatic rings. The van der Waals surface area contributed by atoms with Gasteiger partial charge in [0.1, 0.15) is 65.9 Å². The van der Waals surface area contributed by atoms with Crippen LogP contribution in [-0.2, 0) is 59.0 Å². The molecule has 6 rings (SSSR count). The van der Waals surface area contributed by atoms with Gasteiger partial charge in [-0.25, -0.2) is 0 Å². The molecule has 0 unspecified atom stereocenters. The molecule has 4 aliphatic heterocycles. The van der Waals surface area contributed by atoms with Crippen molar-refractivity contribution in [2.45, 2.75) is 209 Å². The fraction of sp³-hybridized carbons (Fsp3) is 0.755. The van der Waals surface area contributed by atoms with Crippen molar-refractivity contribution in [1.82, 2.24) is 15.7 Å². The monoisotopic (exact) mass is 978 g/mol. The second-order valence-corrected chi connectivity index (χ2v) is 20.1. The summed E-state index contributed by atoms with van der Waals surface area (Å²) in [6.45, 7) is 9.40. The van der Waals surface area contributed by atoms with Crippen LogP contribution >= 0.6 is 0 Å². The van der Waals surface area contributed by atoms with Gasteiger partial charge in [0.25, 0.3) is 0 Å². The van der Waals surface area contributed by atoms with Crippen molar-refractivity contribution in [3.63, 3.8) is 0 Å². The summed E-state index contributed by atoms with van der Waals surface area (Å²) in [4.78, 5) is 63.0. The van der Waals surface area contributed by atoms with E-state index in [0.29, 0.717) is 24.0 Å². The van der Waals surface area contributed by atoms with Gasteiger partial charge in [-0.05, 0) is 58.1 Å². The molecule has 5 aliphatic rings. The molecular weight excluding hydrogens is 903 g/mol. The van der Waals surface area contributed by atoms with Gasteiger partial charge in [-0.2, -0.15) is 5.06 Å². The Morgan fingerprint density at radius 3 is 2.28 bits per heavy atom.